The van der Waals surface area contributed by atoms with Crippen molar-refractivity contribution >= 4 is 17.4 Å². The lowest BCUT2D eigenvalue weighted by Gasteiger charge is -2.21. The van der Waals surface area contributed by atoms with Crippen LogP contribution in [0.3, 0.4) is 0 Å². The smallest absolute Gasteiger partial charge is 0.323 e. The van der Waals surface area contributed by atoms with Gasteiger partial charge < -0.3 is 15.5 Å². The van der Waals surface area contributed by atoms with Crippen molar-refractivity contribution in [2.75, 3.05) is 23.3 Å². The molecule has 0 saturated heterocycles. The van der Waals surface area contributed by atoms with Crippen LogP contribution in [0.4, 0.5) is 16.2 Å². The van der Waals surface area contributed by atoms with Gasteiger partial charge in [-0.25, -0.2) is 4.79 Å². The molecule has 0 aliphatic rings. The van der Waals surface area contributed by atoms with Gasteiger partial charge in [0.1, 0.15) is 0 Å². The van der Waals surface area contributed by atoms with E-state index in [1.165, 1.54) is 6.20 Å². The van der Waals surface area contributed by atoms with Crippen LogP contribution in [0.1, 0.15) is 13.8 Å². The normalized spacial score (nSPS) is 9.53. The fraction of sp³-hybridized carbons (Fsp3) is 0.308. The summed E-state index contributed by atoms with van der Waals surface area (Å²) in [6, 6.07) is 7.48. The van der Waals surface area contributed by atoms with Crippen molar-refractivity contribution in [2.45, 2.75) is 13.8 Å². The van der Waals surface area contributed by atoms with E-state index in [1.54, 1.807) is 0 Å². The van der Waals surface area contributed by atoms with Gasteiger partial charge in [-0.05, 0) is 44.3 Å². The van der Waals surface area contributed by atoms with E-state index in [0.29, 0.717) is 0 Å². The Morgan fingerprint density at radius 2 is 1.88 bits per heavy atom. The van der Waals surface area contributed by atoms with Crippen molar-refractivity contribution in [1.82, 2.24) is 5.32 Å². The van der Waals surface area contributed by atoms with E-state index < -0.39 is 0 Å². The lowest BCUT2D eigenvalue weighted by molar-refractivity contribution is 0.255. The average Bonchev–Trinajstić information content (AvgIpc) is 2.33. The first-order valence-electron chi connectivity index (χ1n) is 5.74. The molecule has 0 fully saturated rings. The summed E-state index contributed by atoms with van der Waals surface area (Å²) in [7, 11) is 0. The van der Waals surface area contributed by atoms with Crippen molar-refractivity contribution in [3.05, 3.63) is 37.0 Å². The van der Waals surface area contributed by atoms with Crippen LogP contribution < -0.4 is 15.5 Å². The third-order valence-electron chi connectivity index (χ3n) is 2.49. The number of rotatable bonds is 5. The van der Waals surface area contributed by atoms with Gasteiger partial charge in [-0.2, -0.15) is 0 Å². The molecule has 2 N–H and O–H groups in total. The first kappa shape index (κ1) is 13.1. The first-order valence-corrected chi connectivity index (χ1v) is 5.74. The zero-order valence-corrected chi connectivity index (χ0v) is 10.4. The zero-order chi connectivity index (χ0) is 12.7. The largest absolute Gasteiger partial charge is 0.372 e. The Bertz CT molecular complexity index is 369. The minimum atomic E-state index is -0.282. The van der Waals surface area contributed by atoms with E-state index in [0.717, 1.165) is 24.5 Å². The highest BCUT2D eigenvalue weighted by Gasteiger charge is 2.02. The summed E-state index contributed by atoms with van der Waals surface area (Å²) in [4.78, 5) is 13.5. The molecule has 92 valence electrons. The van der Waals surface area contributed by atoms with Gasteiger partial charge in [0.05, 0.1) is 0 Å². The molecule has 0 aliphatic carbocycles. The molecule has 0 bridgehead atoms. The second-order valence-corrected chi connectivity index (χ2v) is 3.52. The molecule has 0 atom stereocenters. The van der Waals surface area contributed by atoms with Crippen LogP contribution in [0.2, 0.25) is 0 Å². The number of amides is 2. The van der Waals surface area contributed by atoms with Crippen molar-refractivity contribution < 1.29 is 4.79 Å². The molecule has 1 rings (SSSR count). The number of hydrogen-bond donors (Lipinski definition) is 2. The van der Waals surface area contributed by atoms with Gasteiger partial charge in [0, 0.05) is 24.5 Å². The van der Waals surface area contributed by atoms with Crippen LogP contribution in [-0.2, 0) is 0 Å². The lowest BCUT2D eigenvalue weighted by Crippen LogP contribution is -2.24. The fourth-order valence-corrected chi connectivity index (χ4v) is 1.60. The van der Waals surface area contributed by atoms with E-state index in [4.69, 9.17) is 0 Å². The van der Waals surface area contributed by atoms with Crippen molar-refractivity contribution in [3.63, 3.8) is 0 Å². The third kappa shape index (κ3) is 3.83. The SMILES string of the molecule is C=CNC(=O)Nc1ccc(N(CC)CC)cc1. The number of nitrogens with one attached hydrogen (secondary N) is 2. The Hall–Kier alpha value is -1.97. The third-order valence-corrected chi connectivity index (χ3v) is 2.49. The number of carbonyl (C=O) groups is 1. The van der Waals surface area contributed by atoms with Crippen molar-refractivity contribution in [3.8, 4) is 0 Å². The van der Waals surface area contributed by atoms with Gasteiger partial charge in [0.15, 0.2) is 0 Å². The van der Waals surface area contributed by atoms with Gasteiger partial charge >= 0.3 is 6.03 Å². The molecule has 4 heteroatoms. The number of nitrogens with zero attached hydrogens (tertiary/aromatic N) is 1. The lowest BCUT2D eigenvalue weighted by atomic mass is 10.2. The second-order valence-electron chi connectivity index (χ2n) is 3.52. The topological polar surface area (TPSA) is 44.4 Å². The Labute approximate surface area is 102 Å². The van der Waals surface area contributed by atoms with Gasteiger partial charge in [-0.15, -0.1) is 0 Å². The summed E-state index contributed by atoms with van der Waals surface area (Å²) in [5.41, 5.74) is 1.92. The van der Waals surface area contributed by atoms with Crippen molar-refractivity contribution in [1.29, 1.82) is 0 Å². The number of urea groups is 1. The molecule has 0 saturated carbocycles. The van der Waals surface area contributed by atoms with E-state index in [1.807, 2.05) is 24.3 Å². The van der Waals surface area contributed by atoms with Crippen LogP contribution in [0.5, 0.6) is 0 Å². The summed E-state index contributed by atoms with van der Waals surface area (Å²) in [6.07, 6.45) is 1.35. The monoisotopic (exact) mass is 233 g/mol. The fourth-order valence-electron chi connectivity index (χ4n) is 1.60. The highest BCUT2D eigenvalue weighted by molar-refractivity contribution is 5.90. The molecule has 17 heavy (non-hydrogen) atoms. The summed E-state index contributed by atoms with van der Waals surface area (Å²) >= 11 is 0. The minimum Gasteiger partial charge on any atom is -0.372 e. The number of hydrogen-bond acceptors (Lipinski definition) is 2. The minimum absolute atomic E-state index is 0.282. The molecule has 1 aromatic rings. The molecule has 0 spiro atoms. The molecule has 0 radical (unpaired) electrons. The van der Waals surface area contributed by atoms with Gasteiger partial charge in [-0.3, -0.25) is 0 Å². The van der Waals surface area contributed by atoms with Gasteiger partial charge in [0.2, 0.25) is 0 Å². The molecule has 1 aromatic carbocycles. The van der Waals surface area contributed by atoms with Crippen LogP contribution in [-0.4, -0.2) is 19.1 Å². The van der Waals surface area contributed by atoms with E-state index >= 15 is 0 Å². The standard InChI is InChI=1S/C13H19N3O/c1-4-14-13(17)15-11-7-9-12(10-8-11)16(5-2)6-3/h4,7-10H,1,5-6H2,2-3H3,(H2,14,15,17). The molecular weight excluding hydrogens is 214 g/mol. The maximum absolute atomic E-state index is 11.2. The summed E-state index contributed by atoms with van der Waals surface area (Å²) in [6.45, 7) is 9.60. The summed E-state index contributed by atoms with van der Waals surface area (Å²) in [5.74, 6) is 0. The van der Waals surface area contributed by atoms with Crippen LogP contribution in [0.15, 0.2) is 37.0 Å². The molecule has 0 aromatic heterocycles. The van der Waals surface area contributed by atoms with Crippen molar-refractivity contribution in [2.24, 2.45) is 0 Å². The molecule has 4 nitrogen and oxygen atoms in total. The van der Waals surface area contributed by atoms with Crippen LogP contribution in [0.25, 0.3) is 0 Å². The Morgan fingerprint density at radius 3 is 2.35 bits per heavy atom. The molecule has 0 heterocycles. The maximum Gasteiger partial charge on any atom is 0.323 e. The molecule has 2 amide bonds. The van der Waals surface area contributed by atoms with E-state index in [2.05, 4.69) is 36.0 Å². The highest BCUT2D eigenvalue weighted by Crippen LogP contribution is 2.17. The molecule has 0 aliphatic heterocycles. The highest BCUT2D eigenvalue weighted by atomic mass is 16.2. The second kappa shape index (κ2) is 6.58. The summed E-state index contributed by atoms with van der Waals surface area (Å²) in [5, 5.41) is 5.16. The Morgan fingerprint density at radius 1 is 1.29 bits per heavy atom. The molecule has 0 unspecified atom stereocenters. The number of anilines is 2. The van der Waals surface area contributed by atoms with Gasteiger partial charge in [-0.1, -0.05) is 6.58 Å². The van der Waals surface area contributed by atoms with Crippen LogP contribution >= 0.6 is 0 Å². The Kier molecular flexibility index (Phi) is 5.07. The Balaban J connectivity index is 2.67. The van der Waals surface area contributed by atoms with Gasteiger partial charge in [0.25, 0.3) is 0 Å². The average molecular weight is 233 g/mol. The first-order chi connectivity index (χ1) is 8.21. The van der Waals surface area contributed by atoms with E-state index in [-0.39, 0.29) is 6.03 Å². The van der Waals surface area contributed by atoms with Crippen LogP contribution in [0, 0.1) is 0 Å². The predicted molar refractivity (Wildman–Crippen MR) is 72.4 cm³/mol. The quantitative estimate of drug-likeness (QED) is 0.821. The number of carbonyl (C=O) groups excluding carboxylic acids is 1. The summed E-state index contributed by atoms with van der Waals surface area (Å²) < 4.78 is 0. The van der Waals surface area contributed by atoms with E-state index in [9.17, 15) is 4.79 Å². The zero-order valence-electron chi connectivity index (χ0n) is 10.4. The number of benzene rings is 1. The maximum atomic E-state index is 11.2. The molecular formula is C13H19N3O. The predicted octanol–water partition coefficient (Wildman–Crippen LogP) is 2.80.